The monoisotopic (exact) mass is 260 g/mol. The highest BCUT2D eigenvalue weighted by molar-refractivity contribution is 5.95. The van der Waals surface area contributed by atoms with Crippen molar-refractivity contribution >= 4 is 17.3 Å². The van der Waals surface area contributed by atoms with Gasteiger partial charge in [-0.25, -0.2) is 4.79 Å². The molecule has 0 spiro atoms. The van der Waals surface area contributed by atoms with Crippen LogP contribution in [0.25, 0.3) is 0 Å². The van der Waals surface area contributed by atoms with E-state index in [4.69, 9.17) is 10.8 Å². The van der Waals surface area contributed by atoms with Gasteiger partial charge in [-0.2, -0.15) is 5.10 Å². The van der Waals surface area contributed by atoms with Crippen molar-refractivity contribution < 1.29 is 9.90 Å². The van der Waals surface area contributed by atoms with Crippen LogP contribution in [-0.2, 0) is 6.54 Å². The predicted octanol–water partition coefficient (Wildman–Crippen LogP) is 1.67. The molecule has 1 aromatic carbocycles. The minimum atomic E-state index is -0.963. The van der Waals surface area contributed by atoms with Crippen LogP contribution in [0, 0.1) is 0 Å². The number of nitrogens with zero attached hydrogens (tertiary/aromatic N) is 2. The summed E-state index contributed by atoms with van der Waals surface area (Å²) in [6.07, 6.45) is 4.46. The number of anilines is 2. The number of carboxylic acid groups (broad SMARTS) is 1. The van der Waals surface area contributed by atoms with E-state index in [1.54, 1.807) is 18.3 Å². The molecular formula is C13H16N4O2. The summed E-state index contributed by atoms with van der Waals surface area (Å²) in [5.74, 6) is -0.963. The zero-order valence-electron chi connectivity index (χ0n) is 10.4. The molecule has 6 heteroatoms. The van der Waals surface area contributed by atoms with Crippen molar-refractivity contribution in [3.63, 3.8) is 0 Å². The van der Waals surface area contributed by atoms with E-state index >= 15 is 0 Å². The Morgan fingerprint density at radius 3 is 3.00 bits per heavy atom. The normalized spacial score (nSPS) is 10.3. The molecule has 0 fully saturated rings. The Bertz CT molecular complexity index is 552. The number of nitrogens with one attached hydrogen (secondary N) is 1. The van der Waals surface area contributed by atoms with Gasteiger partial charge in [-0.3, -0.25) is 4.68 Å². The first-order valence-electron chi connectivity index (χ1n) is 6.01. The SMILES string of the molecule is Nc1ccc(C(=O)O)c(NCCCn2cccn2)c1. The summed E-state index contributed by atoms with van der Waals surface area (Å²) >= 11 is 0. The predicted molar refractivity (Wildman–Crippen MR) is 73.1 cm³/mol. The fourth-order valence-corrected chi connectivity index (χ4v) is 1.79. The Kier molecular flexibility index (Phi) is 4.02. The molecule has 100 valence electrons. The van der Waals surface area contributed by atoms with Gasteiger partial charge < -0.3 is 16.2 Å². The molecule has 0 aliphatic rings. The van der Waals surface area contributed by atoms with Crippen LogP contribution in [0.3, 0.4) is 0 Å². The lowest BCUT2D eigenvalue weighted by molar-refractivity contribution is 0.0698. The van der Waals surface area contributed by atoms with Gasteiger partial charge in [-0.05, 0) is 30.7 Å². The minimum absolute atomic E-state index is 0.230. The second-order valence-corrected chi connectivity index (χ2v) is 4.16. The first-order valence-corrected chi connectivity index (χ1v) is 6.01. The van der Waals surface area contributed by atoms with E-state index in [9.17, 15) is 4.79 Å². The van der Waals surface area contributed by atoms with E-state index < -0.39 is 5.97 Å². The summed E-state index contributed by atoms with van der Waals surface area (Å²) in [7, 11) is 0. The highest BCUT2D eigenvalue weighted by atomic mass is 16.4. The average Bonchev–Trinajstić information content (AvgIpc) is 2.87. The molecule has 0 radical (unpaired) electrons. The maximum atomic E-state index is 11.1. The summed E-state index contributed by atoms with van der Waals surface area (Å²) in [4.78, 5) is 11.1. The average molecular weight is 260 g/mol. The van der Waals surface area contributed by atoms with Gasteiger partial charge in [-0.15, -0.1) is 0 Å². The number of carboxylic acids is 1. The van der Waals surface area contributed by atoms with Crippen molar-refractivity contribution in [2.45, 2.75) is 13.0 Å². The number of nitrogens with two attached hydrogens (primary N) is 1. The van der Waals surface area contributed by atoms with Crippen molar-refractivity contribution in [2.24, 2.45) is 0 Å². The lowest BCUT2D eigenvalue weighted by Gasteiger charge is -2.10. The highest BCUT2D eigenvalue weighted by Gasteiger charge is 2.09. The highest BCUT2D eigenvalue weighted by Crippen LogP contribution is 2.19. The second kappa shape index (κ2) is 5.90. The van der Waals surface area contributed by atoms with E-state index in [0.29, 0.717) is 17.9 Å². The summed E-state index contributed by atoms with van der Waals surface area (Å²) < 4.78 is 1.83. The maximum absolute atomic E-state index is 11.1. The van der Waals surface area contributed by atoms with Gasteiger partial charge in [0.15, 0.2) is 0 Å². The molecule has 2 aromatic rings. The first kappa shape index (κ1) is 12.9. The molecule has 0 aliphatic carbocycles. The molecule has 6 nitrogen and oxygen atoms in total. The van der Waals surface area contributed by atoms with Gasteiger partial charge in [0.05, 0.1) is 11.3 Å². The van der Waals surface area contributed by atoms with Gasteiger partial charge in [0.1, 0.15) is 0 Å². The van der Waals surface area contributed by atoms with Crippen LogP contribution in [0.4, 0.5) is 11.4 Å². The van der Waals surface area contributed by atoms with Gasteiger partial charge in [0.2, 0.25) is 0 Å². The van der Waals surface area contributed by atoms with Crippen LogP contribution in [0.1, 0.15) is 16.8 Å². The fraction of sp³-hybridized carbons (Fsp3) is 0.231. The van der Waals surface area contributed by atoms with Crippen LogP contribution in [0.15, 0.2) is 36.7 Å². The van der Waals surface area contributed by atoms with Gasteiger partial charge in [-0.1, -0.05) is 0 Å². The zero-order valence-corrected chi connectivity index (χ0v) is 10.4. The van der Waals surface area contributed by atoms with E-state index in [0.717, 1.165) is 13.0 Å². The van der Waals surface area contributed by atoms with Gasteiger partial charge in [0, 0.05) is 31.2 Å². The second-order valence-electron chi connectivity index (χ2n) is 4.16. The van der Waals surface area contributed by atoms with Crippen molar-refractivity contribution in [3.8, 4) is 0 Å². The Balaban J connectivity index is 1.91. The maximum Gasteiger partial charge on any atom is 0.337 e. The van der Waals surface area contributed by atoms with E-state index in [1.807, 2.05) is 16.9 Å². The Hall–Kier alpha value is -2.50. The van der Waals surface area contributed by atoms with E-state index in [2.05, 4.69) is 10.4 Å². The summed E-state index contributed by atoms with van der Waals surface area (Å²) in [5, 5.41) is 16.3. The minimum Gasteiger partial charge on any atom is -0.478 e. The quantitative estimate of drug-likeness (QED) is 0.542. The molecule has 1 heterocycles. The third kappa shape index (κ3) is 3.48. The van der Waals surface area contributed by atoms with Gasteiger partial charge >= 0.3 is 5.97 Å². The smallest absolute Gasteiger partial charge is 0.337 e. The third-order valence-corrected chi connectivity index (χ3v) is 2.71. The first-order chi connectivity index (χ1) is 9.16. The number of hydrogen-bond acceptors (Lipinski definition) is 4. The summed E-state index contributed by atoms with van der Waals surface area (Å²) in [5.41, 5.74) is 6.98. The van der Waals surface area contributed by atoms with Crippen molar-refractivity contribution in [1.29, 1.82) is 0 Å². The number of rotatable bonds is 6. The molecule has 0 amide bonds. The summed E-state index contributed by atoms with van der Waals surface area (Å²) in [6, 6.07) is 6.59. The molecular weight excluding hydrogens is 244 g/mol. The lowest BCUT2D eigenvalue weighted by Crippen LogP contribution is -2.10. The summed E-state index contributed by atoms with van der Waals surface area (Å²) in [6.45, 7) is 1.44. The van der Waals surface area contributed by atoms with Crippen LogP contribution < -0.4 is 11.1 Å². The number of carbonyl (C=O) groups is 1. The Morgan fingerprint density at radius 2 is 2.32 bits per heavy atom. The molecule has 1 aromatic heterocycles. The largest absolute Gasteiger partial charge is 0.478 e. The zero-order chi connectivity index (χ0) is 13.7. The van der Waals surface area contributed by atoms with Crippen molar-refractivity contribution in [1.82, 2.24) is 9.78 Å². The number of aromatic carboxylic acids is 1. The number of aryl methyl sites for hydroxylation is 1. The van der Waals surface area contributed by atoms with E-state index in [-0.39, 0.29) is 5.56 Å². The molecule has 4 N–H and O–H groups in total. The fourth-order valence-electron chi connectivity index (χ4n) is 1.79. The number of benzene rings is 1. The molecule has 0 saturated carbocycles. The van der Waals surface area contributed by atoms with E-state index in [1.165, 1.54) is 6.07 Å². The Labute approximate surface area is 110 Å². The van der Waals surface area contributed by atoms with Crippen LogP contribution in [-0.4, -0.2) is 27.4 Å². The third-order valence-electron chi connectivity index (χ3n) is 2.71. The Morgan fingerprint density at radius 1 is 1.47 bits per heavy atom. The van der Waals surface area contributed by atoms with Crippen molar-refractivity contribution in [3.05, 3.63) is 42.2 Å². The number of aromatic nitrogens is 2. The molecule has 2 rings (SSSR count). The van der Waals surface area contributed by atoms with Crippen LogP contribution >= 0.6 is 0 Å². The number of nitrogen functional groups attached to an aromatic ring is 1. The molecule has 0 bridgehead atoms. The van der Waals surface area contributed by atoms with Gasteiger partial charge in [0.25, 0.3) is 0 Å². The molecule has 0 aliphatic heterocycles. The standard InChI is InChI=1S/C13H16N4O2/c14-10-3-4-11(13(18)19)12(9-10)15-5-1-7-17-8-2-6-16-17/h2-4,6,8-9,15H,1,5,7,14H2,(H,18,19). The molecule has 0 unspecified atom stereocenters. The lowest BCUT2D eigenvalue weighted by atomic mass is 10.1. The van der Waals surface area contributed by atoms with Crippen LogP contribution in [0.2, 0.25) is 0 Å². The molecule has 0 saturated heterocycles. The molecule has 0 atom stereocenters. The topological polar surface area (TPSA) is 93.2 Å². The molecule has 19 heavy (non-hydrogen) atoms. The van der Waals surface area contributed by atoms with Crippen molar-refractivity contribution in [2.75, 3.05) is 17.6 Å². The number of hydrogen-bond donors (Lipinski definition) is 3. The van der Waals surface area contributed by atoms with Crippen LogP contribution in [0.5, 0.6) is 0 Å².